The van der Waals surface area contributed by atoms with E-state index in [0.717, 1.165) is 5.69 Å². The largest absolute Gasteiger partial charge is 0.396 e. The van der Waals surface area contributed by atoms with Gasteiger partial charge in [0.15, 0.2) is 5.82 Å². The Labute approximate surface area is 85.7 Å². The molecule has 0 aliphatic carbocycles. The van der Waals surface area contributed by atoms with Gasteiger partial charge in [0.25, 0.3) is 0 Å². The smallest absolute Gasteiger partial charge is 0.223 e. The molecule has 15 heavy (non-hydrogen) atoms. The van der Waals surface area contributed by atoms with Crippen LogP contribution in [-0.2, 0) is 13.0 Å². The third kappa shape index (κ3) is 2.38. The molecule has 0 bridgehead atoms. The van der Waals surface area contributed by atoms with Crippen molar-refractivity contribution in [3.63, 3.8) is 0 Å². The Hall–Kier alpha value is -1.76. The number of hydrogen-bond donors (Lipinski definition) is 1. The molecule has 0 radical (unpaired) electrons. The zero-order chi connectivity index (χ0) is 10.7. The lowest BCUT2D eigenvalue weighted by atomic mass is 10.3. The number of hydrogen-bond acceptors (Lipinski definition) is 6. The highest BCUT2D eigenvalue weighted by Crippen LogP contribution is 1.99. The molecule has 7 nitrogen and oxygen atoms in total. The lowest BCUT2D eigenvalue weighted by Gasteiger charge is -1.92. The van der Waals surface area contributed by atoms with Gasteiger partial charge in [-0.2, -0.15) is 4.98 Å². The summed E-state index contributed by atoms with van der Waals surface area (Å²) in [5, 5.41) is 20.2. The Bertz CT molecular complexity index is 436. The van der Waals surface area contributed by atoms with Crippen LogP contribution in [0.25, 0.3) is 0 Å². The van der Waals surface area contributed by atoms with E-state index in [1.807, 2.05) is 0 Å². The molecule has 7 heteroatoms. The van der Waals surface area contributed by atoms with Crippen molar-refractivity contribution in [3.8, 4) is 0 Å². The highest BCUT2D eigenvalue weighted by Gasteiger charge is 2.05. The molecule has 0 atom stereocenters. The molecule has 0 aromatic carbocycles. The average molecular weight is 209 g/mol. The van der Waals surface area contributed by atoms with Gasteiger partial charge in [-0.15, -0.1) is 5.10 Å². The zero-order valence-corrected chi connectivity index (χ0v) is 8.29. The van der Waals surface area contributed by atoms with E-state index in [9.17, 15) is 0 Å². The van der Waals surface area contributed by atoms with E-state index in [4.69, 9.17) is 9.63 Å². The summed E-state index contributed by atoms with van der Waals surface area (Å²) in [4.78, 5) is 4.05. The fourth-order valence-corrected chi connectivity index (χ4v) is 1.20. The molecule has 0 aliphatic rings. The van der Waals surface area contributed by atoms with Gasteiger partial charge in [0.2, 0.25) is 5.89 Å². The number of aliphatic hydroxyl groups excluding tert-OH is 1. The van der Waals surface area contributed by atoms with E-state index in [-0.39, 0.29) is 6.61 Å². The van der Waals surface area contributed by atoms with Gasteiger partial charge in [0, 0.05) is 26.1 Å². The monoisotopic (exact) mass is 209 g/mol. The van der Waals surface area contributed by atoms with Crippen LogP contribution in [0.5, 0.6) is 0 Å². The van der Waals surface area contributed by atoms with Gasteiger partial charge in [0.1, 0.15) is 6.54 Å². The first-order chi connectivity index (χ1) is 7.28. The summed E-state index contributed by atoms with van der Waals surface area (Å²) >= 11 is 0. The van der Waals surface area contributed by atoms with Gasteiger partial charge in [0.05, 0.1) is 5.69 Å². The number of rotatable bonds is 4. The summed E-state index contributed by atoms with van der Waals surface area (Å²) in [5.74, 6) is 1.09. The van der Waals surface area contributed by atoms with Crippen LogP contribution in [0.4, 0.5) is 0 Å². The Balaban J connectivity index is 2.04. The van der Waals surface area contributed by atoms with Crippen LogP contribution in [0.1, 0.15) is 17.4 Å². The lowest BCUT2D eigenvalue weighted by Crippen LogP contribution is -2.02. The van der Waals surface area contributed by atoms with Crippen LogP contribution in [0.3, 0.4) is 0 Å². The molecule has 2 rings (SSSR count). The molecule has 0 saturated carbocycles. The van der Waals surface area contributed by atoms with Crippen LogP contribution in [0.15, 0.2) is 10.7 Å². The Kier molecular flexibility index (Phi) is 2.72. The van der Waals surface area contributed by atoms with Gasteiger partial charge < -0.3 is 9.63 Å². The van der Waals surface area contributed by atoms with E-state index in [1.165, 1.54) is 0 Å². The normalized spacial score (nSPS) is 10.8. The Morgan fingerprint density at radius 3 is 3.07 bits per heavy atom. The van der Waals surface area contributed by atoms with E-state index in [0.29, 0.717) is 24.7 Å². The molecule has 0 aliphatic heterocycles. The van der Waals surface area contributed by atoms with E-state index in [1.54, 1.807) is 17.8 Å². The summed E-state index contributed by atoms with van der Waals surface area (Å²) < 4.78 is 6.43. The summed E-state index contributed by atoms with van der Waals surface area (Å²) in [7, 11) is 0. The number of nitrogens with zero attached hydrogens (tertiary/aromatic N) is 5. The second-order valence-electron chi connectivity index (χ2n) is 3.11. The molecule has 1 N–H and O–H groups in total. The summed E-state index contributed by atoms with van der Waals surface area (Å²) in [6.45, 7) is 2.23. The van der Waals surface area contributed by atoms with Crippen molar-refractivity contribution in [1.82, 2.24) is 25.1 Å². The summed E-state index contributed by atoms with van der Waals surface area (Å²) in [6.07, 6.45) is 2.26. The molecule has 0 spiro atoms. The Morgan fingerprint density at radius 1 is 1.53 bits per heavy atom. The van der Waals surface area contributed by atoms with Crippen LogP contribution < -0.4 is 0 Å². The number of aryl methyl sites for hydroxylation is 1. The van der Waals surface area contributed by atoms with Gasteiger partial charge >= 0.3 is 0 Å². The second-order valence-corrected chi connectivity index (χ2v) is 3.11. The highest BCUT2D eigenvalue weighted by molar-refractivity contribution is 4.94. The predicted octanol–water partition coefficient (Wildman–Crippen LogP) is -0.447. The van der Waals surface area contributed by atoms with Crippen molar-refractivity contribution in [2.45, 2.75) is 19.9 Å². The lowest BCUT2D eigenvalue weighted by molar-refractivity contribution is 0.298. The van der Waals surface area contributed by atoms with Gasteiger partial charge in [-0.25, -0.2) is 4.68 Å². The predicted molar refractivity (Wildman–Crippen MR) is 48.9 cm³/mol. The first kappa shape index (κ1) is 9.78. The quantitative estimate of drug-likeness (QED) is 0.733. The first-order valence-corrected chi connectivity index (χ1v) is 4.57. The summed E-state index contributed by atoms with van der Waals surface area (Å²) in [5.41, 5.74) is 0.748. The molecule has 0 amide bonds. The SMILES string of the molecule is Cc1nc(Cn2cc(CCO)nn2)no1. The summed E-state index contributed by atoms with van der Waals surface area (Å²) in [6, 6.07) is 0. The van der Waals surface area contributed by atoms with Crippen LogP contribution in [0.2, 0.25) is 0 Å². The fourth-order valence-electron chi connectivity index (χ4n) is 1.20. The van der Waals surface area contributed by atoms with Crippen molar-refractivity contribution >= 4 is 0 Å². The number of aliphatic hydroxyl groups is 1. The van der Waals surface area contributed by atoms with Crippen LogP contribution in [-0.4, -0.2) is 36.8 Å². The van der Waals surface area contributed by atoms with Crippen molar-refractivity contribution in [1.29, 1.82) is 0 Å². The standard InChI is InChI=1S/C8H11N5O2/c1-6-9-8(11-15-6)5-13-4-7(2-3-14)10-12-13/h4,14H,2-3,5H2,1H3. The van der Waals surface area contributed by atoms with Gasteiger partial charge in [-0.05, 0) is 0 Å². The van der Waals surface area contributed by atoms with E-state index >= 15 is 0 Å². The molecule has 80 valence electrons. The minimum absolute atomic E-state index is 0.0695. The maximum absolute atomic E-state index is 8.71. The molecular weight excluding hydrogens is 198 g/mol. The van der Waals surface area contributed by atoms with Crippen molar-refractivity contribution in [2.75, 3.05) is 6.61 Å². The third-order valence-electron chi connectivity index (χ3n) is 1.83. The maximum atomic E-state index is 8.71. The topological polar surface area (TPSA) is 89.9 Å². The van der Waals surface area contributed by atoms with Crippen molar-refractivity contribution in [3.05, 3.63) is 23.6 Å². The fraction of sp³-hybridized carbons (Fsp3) is 0.500. The average Bonchev–Trinajstić information content (AvgIpc) is 2.78. The van der Waals surface area contributed by atoms with E-state index < -0.39 is 0 Å². The molecular formula is C8H11N5O2. The minimum Gasteiger partial charge on any atom is -0.396 e. The van der Waals surface area contributed by atoms with Crippen LogP contribution in [0, 0.1) is 6.92 Å². The maximum Gasteiger partial charge on any atom is 0.223 e. The van der Waals surface area contributed by atoms with Crippen molar-refractivity contribution < 1.29 is 9.63 Å². The molecule has 2 heterocycles. The van der Waals surface area contributed by atoms with Gasteiger partial charge in [-0.3, -0.25) is 0 Å². The van der Waals surface area contributed by atoms with Crippen LogP contribution >= 0.6 is 0 Å². The molecule has 2 aromatic heterocycles. The third-order valence-corrected chi connectivity index (χ3v) is 1.83. The Morgan fingerprint density at radius 2 is 2.40 bits per heavy atom. The minimum atomic E-state index is 0.0695. The molecule has 2 aromatic rings. The van der Waals surface area contributed by atoms with Gasteiger partial charge in [-0.1, -0.05) is 10.4 Å². The first-order valence-electron chi connectivity index (χ1n) is 4.57. The highest BCUT2D eigenvalue weighted by atomic mass is 16.5. The van der Waals surface area contributed by atoms with Crippen molar-refractivity contribution in [2.24, 2.45) is 0 Å². The molecule has 0 fully saturated rings. The molecule has 0 unspecified atom stereocenters. The second kappa shape index (κ2) is 4.18. The zero-order valence-electron chi connectivity index (χ0n) is 8.29. The molecule has 0 saturated heterocycles. The van der Waals surface area contributed by atoms with E-state index in [2.05, 4.69) is 20.5 Å². The number of aromatic nitrogens is 5.